The summed E-state index contributed by atoms with van der Waals surface area (Å²) < 4.78 is 24.1. The highest BCUT2D eigenvalue weighted by atomic mass is 32.2. The molecule has 4 saturated heterocycles. The van der Waals surface area contributed by atoms with Gasteiger partial charge in [-0.2, -0.15) is 0 Å². The Morgan fingerprint density at radius 3 is 3.08 bits per heavy atom. The number of fused-ring (bicyclic) bond motifs is 2. The average molecular weight is 368 g/mol. The highest BCUT2D eigenvalue weighted by Gasteiger charge is 2.82. The number of hydrogen-bond donors (Lipinski definition) is 0. The zero-order valence-corrected chi connectivity index (χ0v) is 15.2. The van der Waals surface area contributed by atoms with Crippen LogP contribution in [0.5, 0.6) is 0 Å². The lowest BCUT2D eigenvalue weighted by molar-refractivity contribution is -0.151. The minimum Gasteiger partial charge on any atom is -0.465 e. The van der Waals surface area contributed by atoms with Gasteiger partial charge in [-0.25, -0.2) is 0 Å². The minimum absolute atomic E-state index is 0.0268. The van der Waals surface area contributed by atoms with Crippen molar-refractivity contribution in [2.75, 3.05) is 19.5 Å². The van der Waals surface area contributed by atoms with Crippen LogP contribution >= 0.6 is 23.1 Å². The zero-order valence-electron chi connectivity index (χ0n) is 13.6. The normalized spacial score (nSPS) is 48.0. The number of ether oxygens (including phenoxy) is 4. The van der Waals surface area contributed by atoms with E-state index in [2.05, 4.69) is 17.5 Å². The molecule has 7 heteroatoms. The molecule has 0 aliphatic carbocycles. The Kier molecular flexibility index (Phi) is 3.39. The average Bonchev–Trinajstić information content (AvgIpc) is 3.33. The third-order valence-electron chi connectivity index (χ3n) is 6.20. The van der Waals surface area contributed by atoms with Crippen LogP contribution in [0.25, 0.3) is 0 Å². The van der Waals surface area contributed by atoms with Crippen molar-refractivity contribution in [3.05, 3.63) is 22.4 Å². The van der Waals surface area contributed by atoms with Crippen molar-refractivity contribution in [2.24, 2.45) is 11.3 Å². The predicted molar refractivity (Wildman–Crippen MR) is 90.0 cm³/mol. The van der Waals surface area contributed by atoms with E-state index in [4.69, 9.17) is 18.9 Å². The molecule has 5 rings (SSSR count). The first kappa shape index (κ1) is 15.6. The van der Waals surface area contributed by atoms with Crippen LogP contribution in [0, 0.1) is 11.3 Å². The van der Waals surface area contributed by atoms with Crippen LogP contribution in [-0.2, 0) is 23.7 Å². The molecule has 24 heavy (non-hydrogen) atoms. The van der Waals surface area contributed by atoms with Crippen LogP contribution < -0.4 is 0 Å². The molecule has 1 aromatic heterocycles. The van der Waals surface area contributed by atoms with Gasteiger partial charge in [0.1, 0.15) is 12.0 Å². The molecule has 1 unspecified atom stereocenters. The summed E-state index contributed by atoms with van der Waals surface area (Å²) in [5, 5.41) is 2.12. The summed E-state index contributed by atoms with van der Waals surface area (Å²) in [4.78, 5) is 12.9. The van der Waals surface area contributed by atoms with E-state index in [-0.39, 0.29) is 40.7 Å². The second-order valence-electron chi connectivity index (χ2n) is 7.13. The molecule has 4 fully saturated rings. The van der Waals surface area contributed by atoms with Crippen LogP contribution in [0.1, 0.15) is 24.1 Å². The van der Waals surface area contributed by atoms with Gasteiger partial charge in [-0.1, -0.05) is 6.07 Å². The minimum atomic E-state index is -0.298. The number of hydrogen-bond acceptors (Lipinski definition) is 7. The van der Waals surface area contributed by atoms with Crippen molar-refractivity contribution < 1.29 is 23.7 Å². The number of esters is 1. The summed E-state index contributed by atoms with van der Waals surface area (Å²) in [6.45, 7) is 1.82. The Labute approximate surface area is 149 Å². The van der Waals surface area contributed by atoms with Crippen LogP contribution in [0.3, 0.4) is 0 Å². The van der Waals surface area contributed by atoms with Crippen LogP contribution in [-0.4, -0.2) is 48.9 Å². The molecule has 1 aromatic rings. The van der Waals surface area contributed by atoms with E-state index in [9.17, 15) is 4.79 Å². The maximum atomic E-state index is 11.5. The molecule has 5 heterocycles. The third kappa shape index (κ3) is 1.75. The van der Waals surface area contributed by atoms with Crippen molar-refractivity contribution >= 4 is 29.1 Å². The van der Waals surface area contributed by atoms with Crippen LogP contribution in [0.2, 0.25) is 0 Å². The molecule has 7 atom stereocenters. The molecule has 0 N–H and O–H groups in total. The van der Waals surface area contributed by atoms with E-state index < -0.39 is 0 Å². The smallest absolute Gasteiger partial charge is 0.302 e. The van der Waals surface area contributed by atoms with Crippen molar-refractivity contribution in [3.63, 3.8) is 0 Å². The maximum absolute atomic E-state index is 11.5. The molecule has 0 saturated carbocycles. The molecule has 0 radical (unpaired) electrons. The fourth-order valence-corrected chi connectivity index (χ4v) is 7.95. The number of thioether (sulfide) groups is 1. The van der Waals surface area contributed by atoms with Gasteiger partial charge >= 0.3 is 5.97 Å². The van der Waals surface area contributed by atoms with Crippen molar-refractivity contribution in [2.45, 2.75) is 42.7 Å². The quantitative estimate of drug-likeness (QED) is 0.762. The lowest BCUT2D eigenvalue weighted by Gasteiger charge is -2.42. The van der Waals surface area contributed by atoms with Gasteiger partial charge in [-0.3, -0.25) is 4.79 Å². The number of methoxy groups -OCH3 is 1. The fourth-order valence-electron chi connectivity index (χ4n) is 5.29. The molecule has 0 amide bonds. The Bertz CT molecular complexity index is 664. The number of carbonyl (C=O) groups excluding carboxylic acids is 1. The van der Waals surface area contributed by atoms with E-state index in [1.165, 1.54) is 11.8 Å². The first-order chi connectivity index (χ1) is 11.6. The molecule has 4 aliphatic heterocycles. The summed E-state index contributed by atoms with van der Waals surface area (Å²) in [6.07, 6.45) is 0.738. The van der Waals surface area contributed by atoms with E-state index in [1.807, 2.05) is 0 Å². The van der Waals surface area contributed by atoms with E-state index in [0.717, 1.165) is 12.2 Å². The summed E-state index contributed by atoms with van der Waals surface area (Å²) in [5.41, 5.74) is -0.599. The van der Waals surface area contributed by atoms with E-state index in [1.54, 1.807) is 30.2 Å². The lowest BCUT2D eigenvalue weighted by Crippen LogP contribution is -2.54. The molecule has 5 nitrogen and oxygen atoms in total. The molecule has 130 valence electrons. The lowest BCUT2D eigenvalue weighted by atomic mass is 9.59. The van der Waals surface area contributed by atoms with Crippen molar-refractivity contribution in [1.82, 2.24) is 0 Å². The van der Waals surface area contributed by atoms with Gasteiger partial charge in [0.05, 0.1) is 23.0 Å². The first-order valence-corrected chi connectivity index (χ1v) is 10.2. The van der Waals surface area contributed by atoms with Crippen LogP contribution in [0.4, 0.5) is 0 Å². The van der Waals surface area contributed by atoms with Gasteiger partial charge in [-0.15, -0.1) is 23.1 Å². The molecular formula is C17H20O5S2. The van der Waals surface area contributed by atoms with E-state index >= 15 is 0 Å². The second kappa shape index (κ2) is 5.20. The van der Waals surface area contributed by atoms with Gasteiger partial charge in [0.15, 0.2) is 6.29 Å². The van der Waals surface area contributed by atoms with Gasteiger partial charge in [0.25, 0.3) is 0 Å². The van der Waals surface area contributed by atoms with Crippen LogP contribution in [0.15, 0.2) is 17.5 Å². The summed E-state index contributed by atoms with van der Waals surface area (Å²) in [5.74, 6) is 1.12. The Morgan fingerprint density at radius 2 is 2.38 bits per heavy atom. The first-order valence-electron chi connectivity index (χ1n) is 8.26. The molecule has 0 aromatic carbocycles. The van der Waals surface area contributed by atoms with Crippen molar-refractivity contribution in [1.29, 1.82) is 0 Å². The van der Waals surface area contributed by atoms with E-state index in [0.29, 0.717) is 12.5 Å². The number of rotatable bonds is 4. The maximum Gasteiger partial charge on any atom is 0.302 e. The standard InChI is InChI=1S/C17H20O5S2/c1-9(18)20-7-17-12-13-10(11-4-3-5-23-11)6-16(17,22-13)8-24-15(17)21-14(12)19-2/h3-5,10,12-15H,6-8H2,1-2H3/t10-,12-,13+,14+,15-,16?,17-/m1/s1. The van der Waals surface area contributed by atoms with Crippen molar-refractivity contribution in [3.8, 4) is 0 Å². The SMILES string of the molecule is CO[C@H]1O[C@@H]2SCC34C[C@H](c5cccs5)[C@H](O3)[C@H]1[C@]24COC(C)=O. The number of carbonyl (C=O) groups is 1. The van der Waals surface area contributed by atoms with Gasteiger partial charge < -0.3 is 18.9 Å². The molecule has 1 spiro atoms. The van der Waals surface area contributed by atoms with Gasteiger partial charge in [0.2, 0.25) is 0 Å². The second-order valence-corrected chi connectivity index (χ2v) is 9.16. The summed E-state index contributed by atoms with van der Waals surface area (Å²) in [7, 11) is 1.69. The van der Waals surface area contributed by atoms with Gasteiger partial charge in [0, 0.05) is 30.6 Å². The van der Waals surface area contributed by atoms with Gasteiger partial charge in [-0.05, 0) is 17.9 Å². The topological polar surface area (TPSA) is 54.0 Å². The Morgan fingerprint density at radius 1 is 1.50 bits per heavy atom. The zero-order chi connectivity index (χ0) is 16.5. The monoisotopic (exact) mass is 368 g/mol. The summed E-state index contributed by atoms with van der Waals surface area (Å²) in [6, 6.07) is 4.29. The highest BCUT2D eigenvalue weighted by molar-refractivity contribution is 8.00. The number of thiophene rings is 1. The Balaban J connectivity index is 1.57. The third-order valence-corrected chi connectivity index (χ3v) is 8.67. The fraction of sp³-hybridized carbons (Fsp3) is 0.706. The highest BCUT2D eigenvalue weighted by Crippen LogP contribution is 2.74. The summed E-state index contributed by atoms with van der Waals surface area (Å²) >= 11 is 3.57. The largest absolute Gasteiger partial charge is 0.465 e. The molecular weight excluding hydrogens is 348 g/mol. The molecule has 2 bridgehead atoms. The Hall–Kier alpha value is -0.600. The predicted octanol–water partition coefficient (Wildman–Crippen LogP) is 2.61. The molecule has 4 aliphatic rings.